The largest absolute Gasteiger partial charge is 0.383 e. The highest BCUT2D eigenvalue weighted by Crippen LogP contribution is 2.22. The van der Waals surface area contributed by atoms with E-state index in [2.05, 4.69) is 10.2 Å². The Hall–Kier alpha value is -0.120. The molecule has 11 heavy (non-hydrogen) atoms. The zero-order chi connectivity index (χ0) is 7.68. The van der Waals surface area contributed by atoms with Gasteiger partial charge in [-0.25, -0.2) is 0 Å². The molecule has 2 rings (SSSR count). The van der Waals surface area contributed by atoms with E-state index < -0.39 is 0 Å². The van der Waals surface area contributed by atoms with Crippen LogP contribution in [0.25, 0.3) is 0 Å². The van der Waals surface area contributed by atoms with Crippen molar-refractivity contribution in [1.29, 1.82) is 0 Å². The van der Waals surface area contributed by atoms with Crippen molar-refractivity contribution < 1.29 is 4.74 Å². The standard InChI is InChI=1S/C8H16N2O/c1-11-3-2-10-6-7-4-8(10)5-9-7/h7-9H,2-6H2,1H3/t7-,8-/m1/s1. The maximum Gasteiger partial charge on any atom is 0.0589 e. The molecule has 2 saturated heterocycles. The summed E-state index contributed by atoms with van der Waals surface area (Å²) in [6.45, 7) is 4.41. The molecule has 0 spiro atoms. The maximum atomic E-state index is 5.05. The van der Waals surface area contributed by atoms with Gasteiger partial charge in [-0.2, -0.15) is 0 Å². The SMILES string of the molecule is COCCN1C[C@H]2C[C@@H]1CN2. The second kappa shape index (κ2) is 3.09. The quantitative estimate of drug-likeness (QED) is 0.606. The first-order chi connectivity index (χ1) is 5.40. The van der Waals surface area contributed by atoms with Crippen LogP contribution in [0.5, 0.6) is 0 Å². The average molecular weight is 156 g/mol. The minimum Gasteiger partial charge on any atom is -0.383 e. The van der Waals surface area contributed by atoms with E-state index in [4.69, 9.17) is 4.74 Å². The third kappa shape index (κ3) is 1.41. The molecule has 2 fully saturated rings. The Bertz CT molecular complexity index is 140. The third-order valence-electron chi connectivity index (χ3n) is 2.75. The lowest BCUT2D eigenvalue weighted by molar-refractivity contribution is 0.133. The maximum absolute atomic E-state index is 5.05. The van der Waals surface area contributed by atoms with Crippen LogP contribution in [-0.4, -0.2) is 50.3 Å². The van der Waals surface area contributed by atoms with E-state index >= 15 is 0 Å². The lowest BCUT2D eigenvalue weighted by atomic mass is 10.2. The summed E-state index contributed by atoms with van der Waals surface area (Å²) in [5, 5.41) is 3.48. The average Bonchev–Trinajstić information content (AvgIpc) is 2.60. The number of hydrogen-bond donors (Lipinski definition) is 1. The topological polar surface area (TPSA) is 24.5 Å². The van der Waals surface area contributed by atoms with Crippen molar-refractivity contribution in [3.05, 3.63) is 0 Å². The fraction of sp³-hybridized carbons (Fsp3) is 1.00. The van der Waals surface area contributed by atoms with Crippen molar-refractivity contribution in [2.24, 2.45) is 0 Å². The number of piperazine rings is 1. The lowest BCUT2D eigenvalue weighted by Gasteiger charge is -2.26. The molecule has 3 heteroatoms. The van der Waals surface area contributed by atoms with Gasteiger partial charge < -0.3 is 10.1 Å². The Morgan fingerprint density at radius 1 is 1.64 bits per heavy atom. The van der Waals surface area contributed by atoms with Crippen molar-refractivity contribution in [3.8, 4) is 0 Å². The molecule has 2 heterocycles. The zero-order valence-electron chi connectivity index (χ0n) is 7.05. The van der Waals surface area contributed by atoms with Crippen LogP contribution in [0.2, 0.25) is 0 Å². The second-order valence-corrected chi connectivity index (χ2v) is 3.48. The first-order valence-corrected chi connectivity index (χ1v) is 4.36. The smallest absolute Gasteiger partial charge is 0.0589 e. The number of hydrogen-bond acceptors (Lipinski definition) is 3. The van der Waals surface area contributed by atoms with Crippen molar-refractivity contribution >= 4 is 0 Å². The molecule has 3 nitrogen and oxygen atoms in total. The van der Waals surface area contributed by atoms with Gasteiger partial charge in [0.25, 0.3) is 0 Å². The van der Waals surface area contributed by atoms with Crippen LogP contribution in [0.4, 0.5) is 0 Å². The van der Waals surface area contributed by atoms with E-state index in [1.165, 1.54) is 19.5 Å². The highest BCUT2D eigenvalue weighted by atomic mass is 16.5. The molecule has 2 bridgehead atoms. The van der Waals surface area contributed by atoms with E-state index in [1.807, 2.05) is 0 Å². The second-order valence-electron chi connectivity index (χ2n) is 3.48. The number of nitrogens with zero attached hydrogens (tertiary/aromatic N) is 1. The van der Waals surface area contributed by atoms with Gasteiger partial charge in [0.05, 0.1) is 6.61 Å². The molecule has 0 aromatic carbocycles. The molecular weight excluding hydrogens is 140 g/mol. The van der Waals surface area contributed by atoms with Gasteiger partial charge in [-0.1, -0.05) is 0 Å². The molecule has 0 unspecified atom stereocenters. The van der Waals surface area contributed by atoms with Gasteiger partial charge >= 0.3 is 0 Å². The highest BCUT2D eigenvalue weighted by molar-refractivity contribution is 4.96. The summed E-state index contributed by atoms with van der Waals surface area (Å²) in [5.74, 6) is 0. The minimum absolute atomic E-state index is 0.775. The molecule has 0 saturated carbocycles. The van der Waals surface area contributed by atoms with E-state index in [0.717, 1.165) is 25.2 Å². The Kier molecular flexibility index (Phi) is 2.11. The number of likely N-dealkylation sites (tertiary alicyclic amines) is 1. The Morgan fingerprint density at radius 3 is 3.09 bits per heavy atom. The number of methoxy groups -OCH3 is 1. The summed E-state index contributed by atoms with van der Waals surface area (Å²) in [7, 11) is 1.77. The van der Waals surface area contributed by atoms with Gasteiger partial charge in [0.2, 0.25) is 0 Å². The number of fused-ring (bicyclic) bond motifs is 2. The Morgan fingerprint density at radius 2 is 2.55 bits per heavy atom. The number of ether oxygens (including phenoxy) is 1. The fourth-order valence-corrected chi connectivity index (χ4v) is 2.13. The predicted molar refractivity (Wildman–Crippen MR) is 43.6 cm³/mol. The zero-order valence-corrected chi connectivity index (χ0v) is 7.05. The molecule has 0 aromatic heterocycles. The van der Waals surface area contributed by atoms with E-state index in [1.54, 1.807) is 7.11 Å². The van der Waals surface area contributed by atoms with Crippen LogP contribution in [0.15, 0.2) is 0 Å². The predicted octanol–water partition coefficient (Wildman–Crippen LogP) is -0.321. The number of rotatable bonds is 3. The van der Waals surface area contributed by atoms with Crippen molar-refractivity contribution in [1.82, 2.24) is 10.2 Å². The lowest BCUT2D eigenvalue weighted by Crippen LogP contribution is -2.44. The molecule has 64 valence electrons. The summed E-state index contributed by atoms with van der Waals surface area (Å²) in [6.07, 6.45) is 1.35. The molecule has 0 radical (unpaired) electrons. The third-order valence-corrected chi connectivity index (χ3v) is 2.75. The number of nitrogens with one attached hydrogen (secondary N) is 1. The normalized spacial score (nSPS) is 36.8. The van der Waals surface area contributed by atoms with Crippen molar-refractivity contribution in [2.45, 2.75) is 18.5 Å². The van der Waals surface area contributed by atoms with Gasteiger partial charge in [0.1, 0.15) is 0 Å². The summed E-state index contributed by atoms with van der Waals surface area (Å²) in [6, 6.07) is 1.58. The summed E-state index contributed by atoms with van der Waals surface area (Å²) in [4.78, 5) is 2.53. The van der Waals surface area contributed by atoms with E-state index in [0.29, 0.717) is 0 Å². The van der Waals surface area contributed by atoms with Gasteiger partial charge in [-0.05, 0) is 6.42 Å². The monoisotopic (exact) mass is 156 g/mol. The van der Waals surface area contributed by atoms with Gasteiger partial charge in [0.15, 0.2) is 0 Å². The van der Waals surface area contributed by atoms with Crippen LogP contribution in [-0.2, 0) is 4.74 Å². The van der Waals surface area contributed by atoms with Crippen molar-refractivity contribution in [3.63, 3.8) is 0 Å². The van der Waals surface area contributed by atoms with Crippen LogP contribution in [0.3, 0.4) is 0 Å². The molecule has 2 atom stereocenters. The first kappa shape index (κ1) is 7.53. The van der Waals surface area contributed by atoms with E-state index in [-0.39, 0.29) is 0 Å². The summed E-state index contributed by atoms with van der Waals surface area (Å²) in [5.41, 5.74) is 0. The molecule has 2 aliphatic heterocycles. The highest BCUT2D eigenvalue weighted by Gasteiger charge is 2.36. The van der Waals surface area contributed by atoms with Crippen molar-refractivity contribution in [2.75, 3.05) is 33.4 Å². The van der Waals surface area contributed by atoms with Crippen LogP contribution < -0.4 is 5.32 Å². The summed E-state index contributed by atoms with van der Waals surface area (Å²) < 4.78 is 5.05. The van der Waals surface area contributed by atoms with Crippen LogP contribution in [0, 0.1) is 0 Å². The molecule has 0 aromatic rings. The van der Waals surface area contributed by atoms with E-state index in [9.17, 15) is 0 Å². The van der Waals surface area contributed by atoms with Gasteiger partial charge in [-0.15, -0.1) is 0 Å². The first-order valence-electron chi connectivity index (χ1n) is 4.36. The molecule has 1 N–H and O–H groups in total. The Balaban J connectivity index is 1.78. The van der Waals surface area contributed by atoms with Crippen LogP contribution >= 0.6 is 0 Å². The van der Waals surface area contributed by atoms with Gasteiger partial charge in [-0.3, -0.25) is 4.90 Å². The van der Waals surface area contributed by atoms with Gasteiger partial charge in [0, 0.05) is 38.8 Å². The minimum atomic E-state index is 0.775. The molecule has 0 aliphatic carbocycles. The molecule has 0 amide bonds. The van der Waals surface area contributed by atoms with Crippen LogP contribution in [0.1, 0.15) is 6.42 Å². The molecule has 2 aliphatic rings. The fourth-order valence-electron chi connectivity index (χ4n) is 2.13. The summed E-state index contributed by atoms with van der Waals surface area (Å²) >= 11 is 0. The molecular formula is C8H16N2O. The Labute approximate surface area is 67.7 Å².